The zero-order valence-corrected chi connectivity index (χ0v) is 15.8. The van der Waals surface area contributed by atoms with E-state index in [1.807, 2.05) is 13.8 Å². The molecule has 2 fully saturated rings. The van der Waals surface area contributed by atoms with E-state index in [2.05, 4.69) is 4.99 Å². The quantitative estimate of drug-likeness (QED) is 0.799. The molecular formula is C17H21FN2O3S2. The van der Waals surface area contributed by atoms with Gasteiger partial charge >= 0.3 is 0 Å². The lowest BCUT2D eigenvalue weighted by molar-refractivity contribution is -0.121. The molecule has 0 spiro atoms. The number of carbonyl (C=O) groups is 1. The number of carbonyl (C=O) groups excluding carboxylic acids is 1. The number of amidine groups is 1. The normalized spacial score (nSPS) is 26.4. The van der Waals surface area contributed by atoms with E-state index >= 15 is 0 Å². The largest absolute Gasteiger partial charge is 0.316 e. The summed E-state index contributed by atoms with van der Waals surface area (Å²) in [7, 11) is -3.11. The topological polar surface area (TPSA) is 66.8 Å². The van der Waals surface area contributed by atoms with Crippen molar-refractivity contribution >= 4 is 38.4 Å². The second-order valence-corrected chi connectivity index (χ2v) is 9.75. The predicted molar refractivity (Wildman–Crippen MR) is 99.2 cm³/mol. The highest BCUT2D eigenvalue weighted by Crippen LogP contribution is 2.41. The number of aliphatic imine (C=N–C) groups is 1. The van der Waals surface area contributed by atoms with E-state index in [1.165, 1.54) is 23.9 Å². The van der Waals surface area contributed by atoms with Crippen LogP contribution in [0.15, 0.2) is 29.3 Å². The van der Waals surface area contributed by atoms with Crippen LogP contribution >= 0.6 is 11.8 Å². The first-order chi connectivity index (χ1) is 11.8. The summed E-state index contributed by atoms with van der Waals surface area (Å²) in [4.78, 5) is 18.5. The molecule has 3 rings (SSSR count). The standard InChI is InChI=1S/C17H21FN2O3S2/c1-3-11(4-2)16(21)19-17-20(13-7-5-12(18)6-8-13)14-9-25(22,23)10-15(14)24-17/h5-8,11,14-15H,3-4,9-10H2,1-2H3. The number of amides is 1. The van der Waals surface area contributed by atoms with Crippen molar-refractivity contribution in [1.82, 2.24) is 0 Å². The van der Waals surface area contributed by atoms with E-state index in [9.17, 15) is 17.6 Å². The Kier molecular flexibility index (Phi) is 5.20. The first-order valence-corrected chi connectivity index (χ1v) is 11.1. The number of halogens is 1. The van der Waals surface area contributed by atoms with Crippen LogP contribution in [0.4, 0.5) is 10.1 Å². The molecule has 25 heavy (non-hydrogen) atoms. The van der Waals surface area contributed by atoms with Gasteiger partial charge in [0.2, 0.25) is 0 Å². The SMILES string of the molecule is CCC(CC)C(=O)N=C1SC2CS(=O)(=O)CC2N1c1ccc(F)cc1. The molecule has 2 aliphatic rings. The minimum atomic E-state index is -3.11. The molecule has 0 aliphatic carbocycles. The molecule has 2 aliphatic heterocycles. The fourth-order valence-electron chi connectivity index (χ4n) is 3.29. The molecule has 2 saturated heterocycles. The Morgan fingerprint density at radius 3 is 2.52 bits per heavy atom. The second-order valence-electron chi connectivity index (χ2n) is 6.39. The van der Waals surface area contributed by atoms with E-state index in [1.54, 1.807) is 17.0 Å². The average Bonchev–Trinajstić information content (AvgIpc) is 3.00. The van der Waals surface area contributed by atoms with Crippen molar-refractivity contribution < 1.29 is 17.6 Å². The molecule has 0 bridgehead atoms. The Morgan fingerprint density at radius 1 is 1.28 bits per heavy atom. The van der Waals surface area contributed by atoms with E-state index in [0.717, 1.165) is 0 Å². The number of benzene rings is 1. The Labute approximate surface area is 151 Å². The van der Waals surface area contributed by atoms with E-state index in [-0.39, 0.29) is 40.4 Å². The van der Waals surface area contributed by atoms with Gasteiger partial charge in [0.1, 0.15) is 5.82 Å². The number of sulfone groups is 1. The van der Waals surface area contributed by atoms with Gasteiger partial charge in [0.25, 0.3) is 5.91 Å². The molecule has 0 saturated carbocycles. The summed E-state index contributed by atoms with van der Waals surface area (Å²) in [5, 5.41) is 0.372. The van der Waals surface area contributed by atoms with Gasteiger partial charge in [-0.1, -0.05) is 25.6 Å². The highest BCUT2D eigenvalue weighted by Gasteiger charge is 2.49. The van der Waals surface area contributed by atoms with Crippen LogP contribution in [-0.2, 0) is 14.6 Å². The third-order valence-electron chi connectivity index (χ3n) is 4.71. The molecule has 0 N–H and O–H groups in total. The summed E-state index contributed by atoms with van der Waals surface area (Å²) in [6.07, 6.45) is 1.43. The van der Waals surface area contributed by atoms with Crippen LogP contribution in [-0.4, -0.2) is 42.3 Å². The van der Waals surface area contributed by atoms with Gasteiger partial charge in [0, 0.05) is 16.9 Å². The lowest BCUT2D eigenvalue weighted by atomic mass is 10.0. The van der Waals surface area contributed by atoms with Crippen molar-refractivity contribution in [2.75, 3.05) is 16.4 Å². The third-order valence-corrected chi connectivity index (χ3v) is 7.92. The molecule has 0 aromatic heterocycles. The number of rotatable bonds is 4. The summed E-state index contributed by atoms with van der Waals surface area (Å²) in [6.45, 7) is 3.90. The molecule has 2 heterocycles. The number of thioether (sulfide) groups is 1. The molecule has 136 valence electrons. The molecule has 0 radical (unpaired) electrons. The summed E-state index contributed by atoms with van der Waals surface area (Å²) in [6, 6.07) is 5.59. The van der Waals surface area contributed by atoms with Gasteiger partial charge in [-0.2, -0.15) is 4.99 Å². The van der Waals surface area contributed by atoms with Crippen LogP contribution in [0, 0.1) is 11.7 Å². The Balaban J connectivity index is 1.97. The van der Waals surface area contributed by atoms with Crippen molar-refractivity contribution in [3.8, 4) is 0 Å². The number of hydrogen-bond acceptors (Lipinski definition) is 4. The second kappa shape index (κ2) is 7.07. The van der Waals surface area contributed by atoms with E-state index in [4.69, 9.17) is 0 Å². The van der Waals surface area contributed by atoms with Gasteiger partial charge < -0.3 is 4.90 Å². The molecule has 1 aromatic rings. The van der Waals surface area contributed by atoms with Crippen LogP contribution in [0.2, 0.25) is 0 Å². The molecule has 5 nitrogen and oxygen atoms in total. The van der Waals surface area contributed by atoms with Gasteiger partial charge in [-0.05, 0) is 37.1 Å². The van der Waals surface area contributed by atoms with Crippen LogP contribution < -0.4 is 4.90 Å². The number of hydrogen-bond donors (Lipinski definition) is 0. The maximum atomic E-state index is 13.3. The monoisotopic (exact) mass is 384 g/mol. The molecule has 1 aromatic carbocycles. The zero-order chi connectivity index (χ0) is 18.2. The van der Waals surface area contributed by atoms with Crippen LogP contribution in [0.25, 0.3) is 0 Å². The maximum absolute atomic E-state index is 13.3. The maximum Gasteiger partial charge on any atom is 0.251 e. The van der Waals surface area contributed by atoms with E-state index < -0.39 is 9.84 Å². The van der Waals surface area contributed by atoms with Gasteiger partial charge in [0.05, 0.1) is 17.5 Å². The fourth-order valence-corrected chi connectivity index (χ4v) is 7.21. The Bertz CT molecular complexity index is 789. The highest BCUT2D eigenvalue weighted by molar-refractivity contribution is 8.16. The van der Waals surface area contributed by atoms with Crippen molar-refractivity contribution in [3.05, 3.63) is 30.1 Å². The van der Waals surface area contributed by atoms with Crippen LogP contribution in [0.5, 0.6) is 0 Å². The van der Waals surface area contributed by atoms with Gasteiger partial charge in [-0.3, -0.25) is 4.79 Å². The summed E-state index contributed by atoms with van der Waals surface area (Å²) >= 11 is 1.34. The first-order valence-electron chi connectivity index (χ1n) is 8.39. The fraction of sp³-hybridized carbons (Fsp3) is 0.529. The van der Waals surface area contributed by atoms with Crippen molar-refractivity contribution in [3.63, 3.8) is 0 Å². The predicted octanol–water partition coefficient (Wildman–Crippen LogP) is 2.86. The third kappa shape index (κ3) is 3.74. The lowest BCUT2D eigenvalue weighted by Gasteiger charge is -2.24. The minimum Gasteiger partial charge on any atom is -0.316 e. The highest BCUT2D eigenvalue weighted by atomic mass is 32.2. The lowest BCUT2D eigenvalue weighted by Crippen LogP contribution is -2.37. The Morgan fingerprint density at radius 2 is 1.92 bits per heavy atom. The van der Waals surface area contributed by atoms with Crippen molar-refractivity contribution in [1.29, 1.82) is 0 Å². The van der Waals surface area contributed by atoms with Crippen LogP contribution in [0.1, 0.15) is 26.7 Å². The zero-order valence-electron chi connectivity index (χ0n) is 14.2. The number of anilines is 1. The van der Waals surface area contributed by atoms with Crippen molar-refractivity contribution in [2.45, 2.75) is 38.0 Å². The summed E-state index contributed by atoms with van der Waals surface area (Å²) in [5.41, 5.74) is 0.662. The first kappa shape index (κ1) is 18.4. The molecule has 2 atom stereocenters. The summed E-state index contributed by atoms with van der Waals surface area (Å²) < 4.78 is 37.3. The molecule has 2 unspecified atom stereocenters. The Hall–Kier alpha value is -1.41. The summed E-state index contributed by atoms with van der Waals surface area (Å²) in [5.74, 6) is -0.564. The molecular weight excluding hydrogens is 363 g/mol. The molecule has 8 heteroatoms. The van der Waals surface area contributed by atoms with Crippen molar-refractivity contribution in [2.24, 2.45) is 10.9 Å². The smallest absolute Gasteiger partial charge is 0.251 e. The number of fused-ring (bicyclic) bond motifs is 1. The number of nitrogens with zero attached hydrogens (tertiary/aromatic N) is 2. The van der Waals surface area contributed by atoms with Gasteiger partial charge in [-0.25, -0.2) is 12.8 Å². The van der Waals surface area contributed by atoms with E-state index in [0.29, 0.717) is 23.7 Å². The minimum absolute atomic E-state index is 0.0280. The van der Waals surface area contributed by atoms with Gasteiger partial charge in [-0.15, -0.1) is 0 Å². The molecule has 1 amide bonds. The average molecular weight is 384 g/mol. The van der Waals surface area contributed by atoms with Crippen LogP contribution in [0.3, 0.4) is 0 Å². The van der Waals surface area contributed by atoms with Gasteiger partial charge in [0.15, 0.2) is 15.0 Å².